The van der Waals surface area contributed by atoms with Crippen LogP contribution in [-0.4, -0.2) is 34.6 Å². The number of rotatable bonds is 6. The Bertz CT molecular complexity index is 860. The van der Waals surface area contributed by atoms with Crippen LogP contribution in [0.5, 0.6) is 0 Å². The Morgan fingerprint density at radius 1 is 1.00 bits per heavy atom. The summed E-state index contributed by atoms with van der Waals surface area (Å²) >= 11 is 1.59. The van der Waals surface area contributed by atoms with Crippen LogP contribution in [0, 0.1) is 0 Å². The first kappa shape index (κ1) is 17.5. The van der Waals surface area contributed by atoms with E-state index in [0.29, 0.717) is 5.75 Å². The number of carbonyl (C=O) groups excluding carboxylic acids is 1. The molecule has 0 fully saturated rings. The molecule has 0 aliphatic carbocycles. The lowest BCUT2D eigenvalue weighted by Crippen LogP contribution is -2.31. The fourth-order valence-corrected chi connectivity index (χ4v) is 3.81. The maximum Gasteiger partial charge on any atom is 0.232 e. The largest absolute Gasteiger partial charge is 0.343 e. The molecular weight excluding hydrogens is 328 g/mol. The Labute approximate surface area is 153 Å². The van der Waals surface area contributed by atoms with Gasteiger partial charge in [0, 0.05) is 28.9 Å². The van der Waals surface area contributed by atoms with Gasteiger partial charge in [0.2, 0.25) is 5.91 Å². The van der Waals surface area contributed by atoms with Crippen molar-refractivity contribution in [2.24, 2.45) is 0 Å². The predicted molar refractivity (Wildman–Crippen MR) is 106 cm³/mol. The van der Waals surface area contributed by atoms with E-state index in [2.05, 4.69) is 24.3 Å². The number of thioether (sulfide) groups is 1. The van der Waals surface area contributed by atoms with E-state index in [-0.39, 0.29) is 5.91 Å². The van der Waals surface area contributed by atoms with Gasteiger partial charge in [-0.05, 0) is 26.0 Å². The summed E-state index contributed by atoms with van der Waals surface area (Å²) in [5.74, 6) is 0.626. The number of fused-ring (bicyclic) bond motifs is 1. The van der Waals surface area contributed by atoms with Crippen LogP contribution in [0.15, 0.2) is 65.6 Å². The number of carbonyl (C=O) groups is 1. The van der Waals surface area contributed by atoms with Crippen LogP contribution in [0.2, 0.25) is 0 Å². The molecule has 3 rings (SSSR count). The molecule has 25 heavy (non-hydrogen) atoms. The van der Waals surface area contributed by atoms with Crippen molar-refractivity contribution in [3.63, 3.8) is 0 Å². The summed E-state index contributed by atoms with van der Waals surface area (Å²) in [5.41, 5.74) is 2.99. The Balaban J connectivity index is 1.94. The molecule has 1 heterocycles. The molecule has 0 radical (unpaired) electrons. The average molecular weight is 350 g/mol. The predicted octanol–water partition coefficient (Wildman–Crippen LogP) is 4.86. The van der Waals surface area contributed by atoms with Crippen molar-refractivity contribution in [3.05, 3.63) is 60.7 Å². The van der Waals surface area contributed by atoms with Gasteiger partial charge in [0.1, 0.15) is 0 Å². The van der Waals surface area contributed by atoms with E-state index in [1.165, 1.54) is 0 Å². The quantitative estimate of drug-likeness (QED) is 0.595. The fraction of sp³-hybridized carbons (Fsp3) is 0.238. The summed E-state index contributed by atoms with van der Waals surface area (Å²) in [7, 11) is 0. The minimum Gasteiger partial charge on any atom is -0.343 e. The molecule has 0 aliphatic heterocycles. The molecule has 128 valence electrons. The third kappa shape index (κ3) is 4.02. The SMILES string of the molecule is CCN(CC)C(=O)CSc1cc(-c2ccccc2)nc2ccccc12. The van der Waals surface area contributed by atoms with E-state index in [1.54, 1.807) is 11.8 Å². The van der Waals surface area contributed by atoms with Crippen molar-refractivity contribution >= 4 is 28.6 Å². The van der Waals surface area contributed by atoms with Crippen LogP contribution in [0.25, 0.3) is 22.2 Å². The summed E-state index contributed by atoms with van der Waals surface area (Å²) in [4.78, 5) is 20.1. The van der Waals surface area contributed by atoms with E-state index >= 15 is 0 Å². The molecule has 1 amide bonds. The highest BCUT2D eigenvalue weighted by Gasteiger charge is 2.13. The van der Waals surface area contributed by atoms with E-state index < -0.39 is 0 Å². The second-order valence-electron chi connectivity index (χ2n) is 5.74. The number of pyridine rings is 1. The van der Waals surface area contributed by atoms with Gasteiger partial charge in [-0.2, -0.15) is 0 Å². The first-order valence-electron chi connectivity index (χ1n) is 8.58. The van der Waals surface area contributed by atoms with Crippen molar-refractivity contribution < 1.29 is 4.79 Å². The maximum atomic E-state index is 12.4. The van der Waals surface area contributed by atoms with Crippen LogP contribution in [-0.2, 0) is 4.79 Å². The molecule has 4 heteroatoms. The lowest BCUT2D eigenvalue weighted by molar-refractivity contribution is -0.127. The third-order valence-electron chi connectivity index (χ3n) is 4.22. The van der Waals surface area contributed by atoms with Crippen LogP contribution in [0.3, 0.4) is 0 Å². The van der Waals surface area contributed by atoms with Crippen LogP contribution in [0.4, 0.5) is 0 Å². The number of amides is 1. The second kappa shape index (κ2) is 8.17. The first-order chi connectivity index (χ1) is 12.2. The lowest BCUT2D eigenvalue weighted by atomic mass is 10.1. The van der Waals surface area contributed by atoms with E-state index in [4.69, 9.17) is 4.98 Å². The van der Waals surface area contributed by atoms with Crippen molar-refractivity contribution in [2.75, 3.05) is 18.8 Å². The first-order valence-corrected chi connectivity index (χ1v) is 9.57. The van der Waals surface area contributed by atoms with E-state index in [0.717, 1.165) is 40.1 Å². The number of benzene rings is 2. The normalized spacial score (nSPS) is 10.8. The molecule has 0 N–H and O–H groups in total. The average Bonchev–Trinajstić information content (AvgIpc) is 2.67. The molecule has 0 atom stereocenters. The molecule has 0 spiro atoms. The number of nitrogens with zero attached hydrogens (tertiary/aromatic N) is 2. The van der Waals surface area contributed by atoms with Gasteiger partial charge in [-0.25, -0.2) is 4.98 Å². The van der Waals surface area contributed by atoms with Crippen LogP contribution >= 0.6 is 11.8 Å². The second-order valence-corrected chi connectivity index (χ2v) is 6.76. The highest BCUT2D eigenvalue weighted by Crippen LogP contribution is 2.31. The standard InChI is InChI=1S/C21H22N2OS/c1-3-23(4-2)21(24)15-25-20-14-19(16-10-6-5-7-11-16)22-18-13-9-8-12-17(18)20/h5-14H,3-4,15H2,1-2H3. The van der Waals surface area contributed by atoms with Gasteiger partial charge in [-0.15, -0.1) is 11.8 Å². The van der Waals surface area contributed by atoms with Crippen molar-refractivity contribution in [1.82, 2.24) is 9.88 Å². The molecule has 2 aromatic carbocycles. The monoisotopic (exact) mass is 350 g/mol. The molecule has 0 unspecified atom stereocenters. The molecule has 0 saturated carbocycles. The summed E-state index contributed by atoms with van der Waals surface area (Å²) in [6.07, 6.45) is 0. The Kier molecular flexibility index (Phi) is 5.71. The third-order valence-corrected chi connectivity index (χ3v) is 5.26. The topological polar surface area (TPSA) is 33.2 Å². The zero-order valence-electron chi connectivity index (χ0n) is 14.6. The van der Waals surface area contributed by atoms with Gasteiger partial charge in [-0.3, -0.25) is 4.79 Å². The number of hydrogen-bond acceptors (Lipinski definition) is 3. The molecule has 0 saturated heterocycles. The zero-order chi connectivity index (χ0) is 17.6. The smallest absolute Gasteiger partial charge is 0.232 e. The lowest BCUT2D eigenvalue weighted by Gasteiger charge is -2.18. The highest BCUT2D eigenvalue weighted by atomic mass is 32.2. The Morgan fingerprint density at radius 2 is 1.68 bits per heavy atom. The Hall–Kier alpha value is -2.33. The van der Waals surface area contributed by atoms with E-state index in [9.17, 15) is 4.79 Å². The molecular formula is C21H22N2OS. The molecule has 0 bridgehead atoms. The van der Waals surface area contributed by atoms with Gasteiger partial charge in [-0.1, -0.05) is 48.5 Å². The van der Waals surface area contributed by atoms with Gasteiger partial charge < -0.3 is 4.90 Å². The van der Waals surface area contributed by atoms with Gasteiger partial charge >= 0.3 is 0 Å². The van der Waals surface area contributed by atoms with Crippen molar-refractivity contribution in [2.45, 2.75) is 18.7 Å². The molecule has 1 aromatic heterocycles. The van der Waals surface area contributed by atoms with Crippen molar-refractivity contribution in [1.29, 1.82) is 0 Å². The van der Waals surface area contributed by atoms with E-state index in [1.807, 2.05) is 55.1 Å². The minimum atomic E-state index is 0.178. The number of para-hydroxylation sites is 1. The molecule has 0 aliphatic rings. The fourth-order valence-electron chi connectivity index (χ4n) is 2.83. The van der Waals surface area contributed by atoms with Gasteiger partial charge in [0.15, 0.2) is 0 Å². The number of hydrogen-bond donors (Lipinski definition) is 0. The summed E-state index contributed by atoms with van der Waals surface area (Å²) in [5, 5.41) is 1.10. The minimum absolute atomic E-state index is 0.178. The zero-order valence-corrected chi connectivity index (χ0v) is 15.4. The summed E-state index contributed by atoms with van der Waals surface area (Å²) in [6, 6.07) is 20.4. The maximum absolute atomic E-state index is 12.4. The summed E-state index contributed by atoms with van der Waals surface area (Å²) < 4.78 is 0. The highest BCUT2D eigenvalue weighted by molar-refractivity contribution is 8.00. The summed E-state index contributed by atoms with van der Waals surface area (Å²) in [6.45, 7) is 5.54. The Morgan fingerprint density at radius 3 is 2.40 bits per heavy atom. The van der Waals surface area contributed by atoms with Gasteiger partial charge in [0.25, 0.3) is 0 Å². The molecule has 3 aromatic rings. The van der Waals surface area contributed by atoms with Crippen LogP contribution < -0.4 is 0 Å². The number of aromatic nitrogens is 1. The molecule has 3 nitrogen and oxygen atoms in total. The van der Waals surface area contributed by atoms with Gasteiger partial charge in [0.05, 0.1) is 17.0 Å². The van der Waals surface area contributed by atoms with Crippen LogP contribution in [0.1, 0.15) is 13.8 Å². The van der Waals surface area contributed by atoms with Crippen molar-refractivity contribution in [3.8, 4) is 11.3 Å².